The van der Waals surface area contributed by atoms with E-state index in [1.165, 1.54) is 46.2 Å². The summed E-state index contributed by atoms with van der Waals surface area (Å²) in [6, 6.07) is 9.83. The number of hydrogen-bond donors (Lipinski definition) is 1. The first kappa shape index (κ1) is 11.2. The molecule has 1 nitrogen and oxygen atoms in total. The van der Waals surface area contributed by atoms with E-state index in [0.717, 1.165) is 12.6 Å². The Morgan fingerprint density at radius 2 is 2.06 bits per heavy atom. The maximum absolute atomic E-state index is 3.68. The molecule has 0 unspecified atom stereocenters. The van der Waals surface area contributed by atoms with Gasteiger partial charge in [0.15, 0.2) is 0 Å². The Morgan fingerprint density at radius 3 is 2.88 bits per heavy atom. The van der Waals surface area contributed by atoms with E-state index in [1.807, 2.05) is 11.3 Å². The van der Waals surface area contributed by atoms with Crippen LogP contribution in [0.25, 0.3) is 10.1 Å². The molecule has 1 saturated carbocycles. The van der Waals surface area contributed by atoms with Gasteiger partial charge >= 0.3 is 0 Å². The summed E-state index contributed by atoms with van der Waals surface area (Å²) in [5.74, 6) is 0. The van der Waals surface area contributed by atoms with Gasteiger partial charge in [-0.15, -0.1) is 11.3 Å². The average molecular weight is 245 g/mol. The summed E-state index contributed by atoms with van der Waals surface area (Å²) in [7, 11) is 0. The average Bonchev–Trinajstić information content (AvgIpc) is 2.94. The van der Waals surface area contributed by atoms with Gasteiger partial charge < -0.3 is 5.32 Å². The minimum atomic E-state index is 0.766. The molecule has 1 N–H and O–H groups in total. The number of aryl methyl sites for hydroxylation is 1. The Bertz CT molecular complexity index is 509. The molecule has 1 fully saturated rings. The molecule has 90 valence electrons. The Kier molecular flexibility index (Phi) is 3.17. The summed E-state index contributed by atoms with van der Waals surface area (Å²) < 4.78 is 1.42. The van der Waals surface area contributed by atoms with Crippen LogP contribution in [0.3, 0.4) is 0 Å². The molecule has 1 aliphatic carbocycles. The van der Waals surface area contributed by atoms with Crippen molar-refractivity contribution in [2.75, 3.05) is 0 Å². The Labute approximate surface area is 107 Å². The second kappa shape index (κ2) is 4.79. The molecule has 0 radical (unpaired) electrons. The molecule has 0 amide bonds. The van der Waals surface area contributed by atoms with Crippen LogP contribution in [0.1, 0.15) is 36.1 Å². The van der Waals surface area contributed by atoms with Crippen LogP contribution < -0.4 is 5.32 Å². The van der Waals surface area contributed by atoms with E-state index in [4.69, 9.17) is 0 Å². The maximum Gasteiger partial charge on any atom is 0.0348 e. The third-order valence-electron chi connectivity index (χ3n) is 3.65. The van der Waals surface area contributed by atoms with Crippen molar-refractivity contribution in [1.82, 2.24) is 5.32 Å². The number of fused-ring (bicyclic) bond motifs is 1. The lowest BCUT2D eigenvalue weighted by molar-refractivity contribution is 0.527. The predicted molar refractivity (Wildman–Crippen MR) is 75.7 cm³/mol. The minimum Gasteiger partial charge on any atom is -0.309 e. The van der Waals surface area contributed by atoms with E-state index in [0.29, 0.717) is 0 Å². The van der Waals surface area contributed by atoms with Gasteiger partial charge in [-0.3, -0.25) is 0 Å². The van der Waals surface area contributed by atoms with Crippen molar-refractivity contribution in [2.45, 2.75) is 45.2 Å². The van der Waals surface area contributed by atoms with Crippen molar-refractivity contribution >= 4 is 21.4 Å². The van der Waals surface area contributed by atoms with Crippen LogP contribution >= 0.6 is 11.3 Å². The fourth-order valence-corrected chi connectivity index (χ4v) is 3.77. The maximum atomic E-state index is 3.68. The third-order valence-corrected chi connectivity index (χ3v) is 4.74. The first-order valence-corrected chi connectivity index (χ1v) is 7.35. The van der Waals surface area contributed by atoms with E-state index >= 15 is 0 Å². The predicted octanol–water partition coefficient (Wildman–Crippen LogP) is 4.24. The van der Waals surface area contributed by atoms with Crippen LogP contribution in [0.15, 0.2) is 24.3 Å². The lowest BCUT2D eigenvalue weighted by Gasteiger charge is -2.09. The summed E-state index contributed by atoms with van der Waals surface area (Å²) in [6.45, 7) is 3.21. The van der Waals surface area contributed by atoms with Crippen LogP contribution in [-0.2, 0) is 6.54 Å². The summed E-state index contributed by atoms with van der Waals surface area (Å²) in [4.78, 5) is 1.47. The van der Waals surface area contributed by atoms with Crippen molar-refractivity contribution in [3.05, 3.63) is 34.7 Å². The normalized spacial score (nSPS) is 17.0. The highest BCUT2D eigenvalue weighted by molar-refractivity contribution is 7.19. The van der Waals surface area contributed by atoms with E-state index in [-0.39, 0.29) is 0 Å². The largest absolute Gasteiger partial charge is 0.309 e. The van der Waals surface area contributed by atoms with Gasteiger partial charge in [-0.05, 0) is 42.8 Å². The zero-order chi connectivity index (χ0) is 11.7. The fourth-order valence-electron chi connectivity index (χ4n) is 2.66. The van der Waals surface area contributed by atoms with Gasteiger partial charge in [0.05, 0.1) is 0 Å². The molecule has 1 aliphatic rings. The summed E-state index contributed by atoms with van der Waals surface area (Å²) in [6.07, 6.45) is 5.54. The smallest absolute Gasteiger partial charge is 0.0348 e. The number of benzene rings is 1. The fraction of sp³-hybridized carbons (Fsp3) is 0.467. The molecule has 0 aliphatic heterocycles. The van der Waals surface area contributed by atoms with E-state index in [9.17, 15) is 0 Å². The van der Waals surface area contributed by atoms with Gasteiger partial charge in [0.2, 0.25) is 0 Å². The van der Waals surface area contributed by atoms with Gasteiger partial charge in [0.1, 0.15) is 0 Å². The highest BCUT2D eigenvalue weighted by Gasteiger charge is 2.14. The minimum absolute atomic E-state index is 0.766. The monoisotopic (exact) mass is 245 g/mol. The molecule has 1 aromatic carbocycles. The lowest BCUT2D eigenvalue weighted by Crippen LogP contribution is -2.24. The number of nitrogens with one attached hydrogen (secondary N) is 1. The second-order valence-electron chi connectivity index (χ2n) is 5.12. The van der Waals surface area contributed by atoms with Crippen molar-refractivity contribution in [1.29, 1.82) is 0 Å². The first-order chi connectivity index (χ1) is 8.31. The molecular formula is C15H19NS. The number of rotatable bonds is 3. The van der Waals surface area contributed by atoms with E-state index in [1.54, 1.807) is 0 Å². The van der Waals surface area contributed by atoms with Crippen LogP contribution in [0, 0.1) is 6.92 Å². The van der Waals surface area contributed by atoms with E-state index < -0.39 is 0 Å². The van der Waals surface area contributed by atoms with Crippen LogP contribution in [-0.4, -0.2) is 6.04 Å². The molecule has 0 atom stereocenters. The second-order valence-corrected chi connectivity index (χ2v) is 6.28. The van der Waals surface area contributed by atoms with Crippen molar-refractivity contribution in [3.8, 4) is 0 Å². The Hall–Kier alpha value is -0.860. The van der Waals surface area contributed by atoms with Crippen LogP contribution in [0.2, 0.25) is 0 Å². The summed E-state index contributed by atoms with van der Waals surface area (Å²) in [5.41, 5.74) is 1.36. The Morgan fingerprint density at radius 1 is 1.24 bits per heavy atom. The highest BCUT2D eigenvalue weighted by Crippen LogP contribution is 2.27. The SMILES string of the molecule is Cc1ccc2cc(CNC3CCCC3)sc2c1. The summed E-state index contributed by atoms with van der Waals surface area (Å²) >= 11 is 1.93. The number of thiophene rings is 1. The van der Waals surface area contributed by atoms with Gasteiger partial charge in [0, 0.05) is 22.2 Å². The van der Waals surface area contributed by atoms with Crippen molar-refractivity contribution in [2.24, 2.45) is 0 Å². The standard InChI is InChI=1S/C15H19NS/c1-11-6-7-12-9-14(17-15(12)8-11)10-16-13-4-2-3-5-13/h6-9,13,16H,2-5,10H2,1H3. The van der Waals surface area contributed by atoms with Crippen LogP contribution in [0.5, 0.6) is 0 Å². The molecule has 17 heavy (non-hydrogen) atoms. The quantitative estimate of drug-likeness (QED) is 0.852. The third kappa shape index (κ3) is 2.53. The zero-order valence-corrected chi connectivity index (χ0v) is 11.1. The van der Waals surface area contributed by atoms with Gasteiger partial charge in [-0.2, -0.15) is 0 Å². The first-order valence-electron chi connectivity index (χ1n) is 6.54. The lowest BCUT2D eigenvalue weighted by atomic mass is 10.2. The molecule has 1 aromatic heterocycles. The molecule has 3 rings (SSSR count). The van der Waals surface area contributed by atoms with Gasteiger partial charge in [-0.1, -0.05) is 25.0 Å². The molecule has 0 bridgehead atoms. The summed E-state index contributed by atoms with van der Waals surface area (Å²) in [5, 5.41) is 5.08. The molecule has 0 spiro atoms. The highest BCUT2D eigenvalue weighted by atomic mass is 32.1. The molecule has 0 saturated heterocycles. The molecule has 1 heterocycles. The zero-order valence-electron chi connectivity index (χ0n) is 10.3. The van der Waals surface area contributed by atoms with Crippen LogP contribution in [0.4, 0.5) is 0 Å². The molecular weight excluding hydrogens is 226 g/mol. The number of hydrogen-bond acceptors (Lipinski definition) is 2. The van der Waals surface area contributed by atoms with E-state index in [2.05, 4.69) is 36.5 Å². The molecule has 2 aromatic rings. The topological polar surface area (TPSA) is 12.0 Å². The van der Waals surface area contributed by atoms with Crippen molar-refractivity contribution < 1.29 is 0 Å². The molecule has 2 heteroatoms. The Balaban J connectivity index is 1.72. The van der Waals surface area contributed by atoms with Crippen molar-refractivity contribution in [3.63, 3.8) is 0 Å². The van der Waals surface area contributed by atoms with Gasteiger partial charge in [-0.25, -0.2) is 0 Å². The van der Waals surface area contributed by atoms with Gasteiger partial charge in [0.25, 0.3) is 0 Å².